The van der Waals surface area contributed by atoms with Crippen LogP contribution in [0.5, 0.6) is 5.75 Å². The van der Waals surface area contributed by atoms with Crippen molar-refractivity contribution in [2.75, 3.05) is 26.3 Å². The van der Waals surface area contributed by atoms with Crippen LogP contribution in [0.2, 0.25) is 0 Å². The third-order valence-electron chi connectivity index (χ3n) is 3.72. The maximum atomic E-state index is 12.4. The fraction of sp³-hybridized carbons (Fsp3) is 0.353. The molecule has 1 aliphatic heterocycles. The smallest absolute Gasteiger partial charge is 0.263 e. The fourth-order valence-electron chi connectivity index (χ4n) is 2.58. The Morgan fingerprint density at radius 1 is 1.14 bits per heavy atom. The van der Waals surface area contributed by atoms with Crippen molar-refractivity contribution in [1.82, 2.24) is 4.90 Å². The Labute approximate surface area is 124 Å². The van der Waals surface area contributed by atoms with Crippen molar-refractivity contribution in [3.05, 3.63) is 42.5 Å². The maximum absolute atomic E-state index is 12.4. The van der Waals surface area contributed by atoms with Gasteiger partial charge in [-0.05, 0) is 18.4 Å². The molecule has 1 heterocycles. The van der Waals surface area contributed by atoms with Crippen molar-refractivity contribution in [3.8, 4) is 5.75 Å². The zero-order valence-corrected chi connectivity index (χ0v) is 12.1. The number of hydrogen-bond acceptors (Lipinski definition) is 3. The van der Waals surface area contributed by atoms with Gasteiger partial charge in [-0.1, -0.05) is 36.4 Å². The minimum absolute atomic E-state index is 0.0197. The average Bonchev–Trinajstić information content (AvgIpc) is 2.55. The van der Waals surface area contributed by atoms with Gasteiger partial charge in [-0.25, -0.2) is 0 Å². The molecule has 0 bridgehead atoms. The van der Waals surface area contributed by atoms with E-state index in [1.54, 1.807) is 11.8 Å². The summed E-state index contributed by atoms with van der Waals surface area (Å²) in [6, 6.07) is 13.9. The van der Waals surface area contributed by atoms with Crippen LogP contribution in [0, 0.1) is 0 Å². The Morgan fingerprint density at radius 2 is 1.86 bits per heavy atom. The van der Waals surface area contributed by atoms with E-state index in [-0.39, 0.29) is 5.91 Å². The van der Waals surface area contributed by atoms with Crippen LogP contribution in [0.15, 0.2) is 42.5 Å². The summed E-state index contributed by atoms with van der Waals surface area (Å²) >= 11 is 0. The lowest BCUT2D eigenvalue weighted by atomic mass is 10.1. The molecule has 3 rings (SSSR count). The molecule has 2 aromatic carbocycles. The number of carbonyl (C=O) groups excluding carboxylic acids is 1. The zero-order valence-electron chi connectivity index (χ0n) is 12.1. The van der Waals surface area contributed by atoms with Crippen molar-refractivity contribution in [1.29, 1.82) is 0 Å². The molecule has 110 valence electrons. The molecular formula is C17H19NO3. The molecule has 0 aliphatic carbocycles. The summed E-state index contributed by atoms with van der Waals surface area (Å²) in [5.41, 5.74) is 0. The summed E-state index contributed by atoms with van der Waals surface area (Å²) in [5, 5.41) is 2.14. The summed E-state index contributed by atoms with van der Waals surface area (Å²) in [5.74, 6) is 0.772. The normalized spacial score (nSPS) is 16.7. The number of rotatable bonds is 3. The van der Waals surface area contributed by atoms with Gasteiger partial charge in [-0.3, -0.25) is 4.79 Å². The van der Waals surface area contributed by atoms with Gasteiger partial charge in [0.25, 0.3) is 5.91 Å². The predicted octanol–water partition coefficient (Wildman–Crippen LogP) is 2.47. The second-order valence-electron chi connectivity index (χ2n) is 5.18. The van der Waals surface area contributed by atoms with E-state index in [9.17, 15) is 4.79 Å². The first kappa shape index (κ1) is 13.9. The molecular weight excluding hydrogens is 266 g/mol. The van der Waals surface area contributed by atoms with E-state index in [2.05, 4.69) is 0 Å². The second kappa shape index (κ2) is 6.14. The van der Waals surface area contributed by atoms with Gasteiger partial charge in [0.1, 0.15) is 5.75 Å². The zero-order chi connectivity index (χ0) is 14.7. The molecule has 2 aromatic rings. The lowest BCUT2D eigenvalue weighted by Crippen LogP contribution is -2.46. The molecule has 21 heavy (non-hydrogen) atoms. The number of hydrogen-bond donors (Lipinski definition) is 0. The van der Waals surface area contributed by atoms with Crippen LogP contribution >= 0.6 is 0 Å². The number of benzene rings is 2. The largest absolute Gasteiger partial charge is 0.480 e. The molecule has 1 fully saturated rings. The third-order valence-corrected chi connectivity index (χ3v) is 3.72. The van der Waals surface area contributed by atoms with Gasteiger partial charge in [-0.2, -0.15) is 0 Å². The standard InChI is InChI=1S/C17H19NO3/c1-13(17(19)18-9-11-20-12-10-18)21-16-8-4-6-14-5-2-3-7-15(14)16/h2-8,13H,9-12H2,1H3/t13-/m0/s1. The summed E-state index contributed by atoms with van der Waals surface area (Å²) in [6.07, 6.45) is -0.492. The Bertz CT molecular complexity index is 629. The molecule has 1 saturated heterocycles. The van der Waals surface area contributed by atoms with Gasteiger partial charge in [0.2, 0.25) is 0 Å². The Kier molecular flexibility index (Phi) is 4.06. The molecule has 1 atom stereocenters. The van der Waals surface area contributed by atoms with E-state index in [1.165, 1.54) is 0 Å². The number of carbonyl (C=O) groups is 1. The van der Waals surface area contributed by atoms with Gasteiger partial charge in [-0.15, -0.1) is 0 Å². The average molecular weight is 285 g/mol. The highest BCUT2D eigenvalue weighted by atomic mass is 16.5. The molecule has 0 aromatic heterocycles. The molecule has 4 heteroatoms. The van der Waals surface area contributed by atoms with Gasteiger partial charge >= 0.3 is 0 Å². The Morgan fingerprint density at radius 3 is 2.67 bits per heavy atom. The van der Waals surface area contributed by atoms with E-state index in [1.807, 2.05) is 42.5 Å². The third kappa shape index (κ3) is 3.00. The monoisotopic (exact) mass is 285 g/mol. The van der Waals surface area contributed by atoms with Crippen molar-refractivity contribution in [2.24, 2.45) is 0 Å². The lowest BCUT2D eigenvalue weighted by molar-refractivity contribution is -0.141. The SMILES string of the molecule is C[C@H](Oc1cccc2ccccc12)C(=O)N1CCOCC1. The van der Waals surface area contributed by atoms with Crippen molar-refractivity contribution >= 4 is 16.7 Å². The number of morpholine rings is 1. The molecule has 0 spiro atoms. The first-order chi connectivity index (χ1) is 10.3. The lowest BCUT2D eigenvalue weighted by Gasteiger charge is -2.29. The van der Waals surface area contributed by atoms with Gasteiger partial charge < -0.3 is 14.4 Å². The highest BCUT2D eigenvalue weighted by Gasteiger charge is 2.24. The Hall–Kier alpha value is -2.07. The highest BCUT2D eigenvalue weighted by Crippen LogP contribution is 2.26. The highest BCUT2D eigenvalue weighted by molar-refractivity contribution is 5.89. The van der Waals surface area contributed by atoms with Gasteiger partial charge in [0.05, 0.1) is 13.2 Å². The maximum Gasteiger partial charge on any atom is 0.263 e. The van der Waals surface area contributed by atoms with Crippen LogP contribution in [-0.4, -0.2) is 43.2 Å². The number of amides is 1. The van der Waals surface area contributed by atoms with E-state index in [0.29, 0.717) is 26.3 Å². The predicted molar refractivity (Wildman–Crippen MR) is 81.4 cm³/mol. The summed E-state index contributed by atoms with van der Waals surface area (Å²) in [7, 11) is 0. The molecule has 4 nitrogen and oxygen atoms in total. The molecule has 0 unspecified atom stereocenters. The molecule has 0 radical (unpaired) electrons. The summed E-state index contributed by atoms with van der Waals surface area (Å²) < 4.78 is 11.2. The Balaban J connectivity index is 1.76. The van der Waals surface area contributed by atoms with Crippen LogP contribution in [0.3, 0.4) is 0 Å². The van der Waals surface area contributed by atoms with Crippen LogP contribution in [0.4, 0.5) is 0 Å². The quantitative estimate of drug-likeness (QED) is 0.869. The van der Waals surface area contributed by atoms with E-state index >= 15 is 0 Å². The van der Waals surface area contributed by atoms with Crippen molar-refractivity contribution in [2.45, 2.75) is 13.0 Å². The molecule has 1 amide bonds. The molecule has 0 N–H and O–H groups in total. The first-order valence-corrected chi connectivity index (χ1v) is 7.26. The number of ether oxygens (including phenoxy) is 2. The minimum atomic E-state index is -0.492. The first-order valence-electron chi connectivity index (χ1n) is 7.26. The van der Waals surface area contributed by atoms with Crippen molar-refractivity contribution in [3.63, 3.8) is 0 Å². The molecule has 1 aliphatic rings. The summed E-state index contributed by atoms with van der Waals surface area (Å²) in [6.45, 7) is 4.29. The number of fused-ring (bicyclic) bond motifs is 1. The van der Waals surface area contributed by atoms with Gasteiger partial charge in [0, 0.05) is 18.5 Å². The van der Waals surface area contributed by atoms with Crippen LogP contribution in [0.25, 0.3) is 10.8 Å². The van der Waals surface area contributed by atoms with Gasteiger partial charge in [0.15, 0.2) is 6.10 Å². The fourth-order valence-corrected chi connectivity index (χ4v) is 2.58. The van der Waals surface area contributed by atoms with E-state index in [4.69, 9.17) is 9.47 Å². The topological polar surface area (TPSA) is 38.8 Å². The second-order valence-corrected chi connectivity index (χ2v) is 5.18. The number of nitrogens with zero attached hydrogens (tertiary/aromatic N) is 1. The van der Waals surface area contributed by atoms with E-state index < -0.39 is 6.10 Å². The van der Waals surface area contributed by atoms with Crippen LogP contribution in [-0.2, 0) is 9.53 Å². The van der Waals surface area contributed by atoms with Crippen LogP contribution < -0.4 is 4.74 Å². The summed E-state index contributed by atoms with van der Waals surface area (Å²) in [4.78, 5) is 14.2. The minimum Gasteiger partial charge on any atom is -0.480 e. The van der Waals surface area contributed by atoms with E-state index in [0.717, 1.165) is 16.5 Å². The molecule has 0 saturated carbocycles. The van der Waals surface area contributed by atoms with Crippen LogP contribution in [0.1, 0.15) is 6.92 Å². The van der Waals surface area contributed by atoms with Crippen molar-refractivity contribution < 1.29 is 14.3 Å².